The molecule has 1 atom stereocenters. The predicted octanol–water partition coefficient (Wildman–Crippen LogP) is 2.93. The summed E-state index contributed by atoms with van der Waals surface area (Å²) < 4.78 is 10.8. The molecule has 0 radical (unpaired) electrons. The van der Waals surface area contributed by atoms with Crippen LogP contribution in [0.25, 0.3) is 0 Å². The third-order valence-corrected chi connectivity index (χ3v) is 4.10. The zero-order chi connectivity index (χ0) is 16.3. The molecule has 1 saturated heterocycles. The molecule has 0 amide bonds. The highest BCUT2D eigenvalue weighted by Crippen LogP contribution is 2.15. The minimum atomic E-state index is 0.740. The fourth-order valence-corrected chi connectivity index (χ4v) is 2.90. The van der Waals surface area contributed by atoms with Gasteiger partial charge in [0.05, 0.1) is 6.26 Å². The van der Waals surface area contributed by atoms with Crippen molar-refractivity contribution in [3.05, 3.63) is 24.2 Å². The van der Waals surface area contributed by atoms with Crippen LogP contribution >= 0.6 is 0 Å². The Morgan fingerprint density at radius 3 is 3.17 bits per heavy atom. The van der Waals surface area contributed by atoms with Crippen molar-refractivity contribution in [3.63, 3.8) is 0 Å². The topological polar surface area (TPSA) is 50.0 Å². The smallest absolute Gasteiger partial charge is 0.193 e. The highest BCUT2D eigenvalue weighted by atomic mass is 16.5. The molecule has 0 bridgehead atoms. The maximum Gasteiger partial charge on any atom is 0.193 e. The molecule has 5 nitrogen and oxygen atoms in total. The summed E-state index contributed by atoms with van der Waals surface area (Å²) in [7, 11) is 0. The average molecular weight is 321 g/mol. The number of guanidine groups is 1. The maximum absolute atomic E-state index is 5.39. The van der Waals surface area contributed by atoms with E-state index in [2.05, 4.69) is 17.1 Å². The Hall–Kier alpha value is -1.49. The van der Waals surface area contributed by atoms with Crippen molar-refractivity contribution in [2.45, 2.75) is 39.5 Å². The number of piperidine rings is 1. The van der Waals surface area contributed by atoms with Crippen molar-refractivity contribution >= 4 is 5.96 Å². The number of nitrogens with one attached hydrogen (secondary N) is 1. The Kier molecular flexibility index (Phi) is 8.01. The van der Waals surface area contributed by atoms with E-state index in [1.54, 1.807) is 6.26 Å². The molecule has 2 heterocycles. The number of likely N-dealkylation sites (tertiary alicyclic amines) is 1. The number of furan rings is 1. The van der Waals surface area contributed by atoms with Crippen LogP contribution in [0.5, 0.6) is 0 Å². The molecule has 1 aliphatic rings. The van der Waals surface area contributed by atoms with Crippen LogP contribution in [0.4, 0.5) is 0 Å². The summed E-state index contributed by atoms with van der Waals surface area (Å²) in [5.41, 5.74) is 0. The molecular formula is C18H31N3O2. The van der Waals surface area contributed by atoms with Gasteiger partial charge in [-0.3, -0.25) is 4.99 Å². The van der Waals surface area contributed by atoms with Gasteiger partial charge in [-0.15, -0.1) is 0 Å². The second-order valence-corrected chi connectivity index (χ2v) is 6.21. The van der Waals surface area contributed by atoms with Gasteiger partial charge in [0.2, 0.25) is 0 Å². The molecule has 1 aromatic heterocycles. The fraction of sp³-hybridized carbons (Fsp3) is 0.722. The van der Waals surface area contributed by atoms with E-state index in [1.807, 2.05) is 19.1 Å². The molecule has 1 N–H and O–H groups in total. The van der Waals surface area contributed by atoms with Gasteiger partial charge in [-0.05, 0) is 44.2 Å². The summed E-state index contributed by atoms with van der Waals surface area (Å²) in [4.78, 5) is 7.19. The monoisotopic (exact) mass is 321 g/mol. The van der Waals surface area contributed by atoms with E-state index in [4.69, 9.17) is 14.1 Å². The second-order valence-electron chi connectivity index (χ2n) is 6.21. The van der Waals surface area contributed by atoms with Gasteiger partial charge in [0.1, 0.15) is 5.76 Å². The number of hydrogen-bond donors (Lipinski definition) is 1. The first kappa shape index (κ1) is 17.9. The van der Waals surface area contributed by atoms with Gasteiger partial charge in [-0.1, -0.05) is 6.92 Å². The van der Waals surface area contributed by atoms with Gasteiger partial charge in [0, 0.05) is 45.8 Å². The van der Waals surface area contributed by atoms with Crippen molar-refractivity contribution in [1.29, 1.82) is 0 Å². The molecule has 1 aromatic rings. The first-order chi connectivity index (χ1) is 11.3. The van der Waals surface area contributed by atoms with Crippen LogP contribution in [0.1, 0.15) is 38.9 Å². The lowest BCUT2D eigenvalue weighted by Crippen LogP contribution is -2.46. The molecule has 0 spiro atoms. The minimum absolute atomic E-state index is 0.740. The average Bonchev–Trinajstić information content (AvgIpc) is 3.06. The Labute approximate surface area is 140 Å². The van der Waals surface area contributed by atoms with E-state index in [0.29, 0.717) is 0 Å². The van der Waals surface area contributed by atoms with E-state index in [0.717, 1.165) is 69.9 Å². The van der Waals surface area contributed by atoms with E-state index < -0.39 is 0 Å². The van der Waals surface area contributed by atoms with Crippen LogP contribution in [-0.4, -0.2) is 50.3 Å². The van der Waals surface area contributed by atoms with Crippen LogP contribution in [0.2, 0.25) is 0 Å². The van der Waals surface area contributed by atoms with Crippen LogP contribution < -0.4 is 5.32 Å². The fourth-order valence-electron chi connectivity index (χ4n) is 2.90. The second kappa shape index (κ2) is 10.3. The molecule has 5 heteroatoms. The Balaban J connectivity index is 1.83. The molecule has 1 unspecified atom stereocenters. The van der Waals surface area contributed by atoms with Gasteiger partial charge in [-0.2, -0.15) is 0 Å². The summed E-state index contributed by atoms with van der Waals surface area (Å²) in [6.07, 6.45) is 6.15. The van der Waals surface area contributed by atoms with E-state index >= 15 is 0 Å². The van der Waals surface area contributed by atoms with Gasteiger partial charge in [0.25, 0.3) is 0 Å². The SMILES string of the molecule is CCOCCCN=C(NCCc1ccco1)N1CCCC(C)C1. The Morgan fingerprint density at radius 2 is 2.43 bits per heavy atom. The summed E-state index contributed by atoms with van der Waals surface area (Å²) in [6.45, 7) is 9.77. The van der Waals surface area contributed by atoms with E-state index in [1.165, 1.54) is 12.8 Å². The van der Waals surface area contributed by atoms with E-state index in [9.17, 15) is 0 Å². The standard InChI is InChI=1S/C18H31N3O2/c1-3-22-13-6-10-19-18(21-12-4-7-16(2)15-21)20-11-9-17-8-5-14-23-17/h5,8,14,16H,3-4,6-7,9-13,15H2,1-2H3,(H,19,20). The number of nitrogens with zero attached hydrogens (tertiary/aromatic N) is 2. The number of hydrogen-bond acceptors (Lipinski definition) is 3. The molecule has 2 rings (SSSR count). The molecule has 0 saturated carbocycles. The van der Waals surface area contributed by atoms with Gasteiger partial charge in [-0.25, -0.2) is 0 Å². The lowest BCUT2D eigenvalue weighted by molar-refractivity contribution is 0.146. The molecule has 1 aliphatic heterocycles. The Morgan fingerprint density at radius 1 is 1.52 bits per heavy atom. The van der Waals surface area contributed by atoms with E-state index in [-0.39, 0.29) is 0 Å². The van der Waals surface area contributed by atoms with Crippen molar-refractivity contribution in [3.8, 4) is 0 Å². The zero-order valence-electron chi connectivity index (χ0n) is 14.6. The summed E-state index contributed by atoms with van der Waals surface area (Å²) in [6, 6.07) is 3.95. The number of ether oxygens (including phenoxy) is 1. The molecule has 23 heavy (non-hydrogen) atoms. The van der Waals surface area contributed by atoms with Crippen LogP contribution in [0.3, 0.4) is 0 Å². The van der Waals surface area contributed by atoms with Crippen LogP contribution in [0.15, 0.2) is 27.8 Å². The molecular weight excluding hydrogens is 290 g/mol. The Bertz CT molecular complexity index is 445. The third kappa shape index (κ3) is 6.65. The van der Waals surface area contributed by atoms with Crippen molar-refractivity contribution < 1.29 is 9.15 Å². The van der Waals surface area contributed by atoms with Crippen molar-refractivity contribution in [1.82, 2.24) is 10.2 Å². The molecule has 1 fully saturated rings. The first-order valence-electron chi connectivity index (χ1n) is 8.93. The highest BCUT2D eigenvalue weighted by Gasteiger charge is 2.19. The van der Waals surface area contributed by atoms with Crippen LogP contribution in [-0.2, 0) is 11.2 Å². The lowest BCUT2D eigenvalue weighted by atomic mass is 10.0. The van der Waals surface area contributed by atoms with Crippen molar-refractivity contribution in [2.75, 3.05) is 39.4 Å². The summed E-state index contributed by atoms with van der Waals surface area (Å²) >= 11 is 0. The maximum atomic E-state index is 5.39. The summed E-state index contributed by atoms with van der Waals surface area (Å²) in [5, 5.41) is 3.51. The quantitative estimate of drug-likeness (QED) is 0.454. The van der Waals surface area contributed by atoms with Gasteiger partial charge in [0.15, 0.2) is 5.96 Å². The minimum Gasteiger partial charge on any atom is -0.469 e. The number of aliphatic imine (C=N–C) groups is 1. The largest absolute Gasteiger partial charge is 0.469 e. The zero-order valence-corrected chi connectivity index (χ0v) is 14.6. The normalized spacial score (nSPS) is 19.1. The van der Waals surface area contributed by atoms with Crippen LogP contribution in [0, 0.1) is 5.92 Å². The van der Waals surface area contributed by atoms with Gasteiger partial charge >= 0.3 is 0 Å². The number of rotatable bonds is 8. The molecule has 0 aliphatic carbocycles. The van der Waals surface area contributed by atoms with Crippen molar-refractivity contribution in [2.24, 2.45) is 10.9 Å². The lowest BCUT2D eigenvalue weighted by Gasteiger charge is -2.33. The summed E-state index contributed by atoms with van der Waals surface area (Å²) in [5.74, 6) is 2.80. The highest BCUT2D eigenvalue weighted by molar-refractivity contribution is 5.80. The molecule has 0 aromatic carbocycles. The van der Waals surface area contributed by atoms with Gasteiger partial charge < -0.3 is 19.4 Å². The first-order valence-corrected chi connectivity index (χ1v) is 8.93. The molecule has 130 valence electrons. The predicted molar refractivity (Wildman–Crippen MR) is 93.8 cm³/mol. The third-order valence-electron chi connectivity index (χ3n) is 4.10.